The van der Waals surface area contributed by atoms with Crippen molar-refractivity contribution < 1.29 is 58.2 Å². The molecule has 4 aliphatic rings. The highest BCUT2D eigenvalue weighted by atomic mass is 16.7. The summed E-state index contributed by atoms with van der Waals surface area (Å²) in [5, 5.41) is 34.1. The Bertz CT molecular complexity index is 1480. The van der Waals surface area contributed by atoms with Crippen LogP contribution in [0, 0.1) is 29.6 Å². The number of rotatable bonds is 7. The number of carbonyl (C=O) groups is 4. The van der Waals surface area contributed by atoms with E-state index in [4.69, 9.17) is 23.7 Å². The van der Waals surface area contributed by atoms with E-state index < -0.39 is 83.9 Å². The number of ether oxygens (including phenoxy) is 5. The number of carbonyl (C=O) groups excluding carboxylic acids is 4. The molecule has 1 aliphatic carbocycles. The molecule has 0 radical (unpaired) electrons. The number of hydrogen-bond donors (Lipinski definition) is 3. The number of ketones is 2. The van der Waals surface area contributed by atoms with Crippen LogP contribution in [0.3, 0.4) is 0 Å². The van der Waals surface area contributed by atoms with Crippen LogP contribution < -0.4 is 0 Å². The van der Waals surface area contributed by atoms with Crippen LogP contribution >= 0.6 is 0 Å². The molecule has 322 valence electrons. The van der Waals surface area contributed by atoms with Gasteiger partial charge in [-0.1, -0.05) is 44.6 Å². The number of fused-ring (bicyclic) bond motifs is 3. The summed E-state index contributed by atoms with van der Waals surface area (Å²) in [7, 11) is 4.61. The van der Waals surface area contributed by atoms with Gasteiger partial charge >= 0.3 is 5.97 Å². The van der Waals surface area contributed by atoms with E-state index in [1.165, 1.54) is 19.1 Å². The van der Waals surface area contributed by atoms with Crippen molar-refractivity contribution >= 4 is 23.4 Å². The molecule has 4 rings (SSSR count). The Morgan fingerprint density at radius 2 is 1.60 bits per heavy atom. The molecule has 0 aromatic rings. The maximum atomic E-state index is 14.3. The van der Waals surface area contributed by atoms with Crippen molar-refractivity contribution in [3.05, 3.63) is 36.0 Å². The molecule has 3 heterocycles. The molecule has 0 aromatic heterocycles. The van der Waals surface area contributed by atoms with Crippen LogP contribution in [0.2, 0.25) is 0 Å². The lowest BCUT2D eigenvalue weighted by Gasteiger charge is -2.47. The molecule has 3 fully saturated rings. The van der Waals surface area contributed by atoms with E-state index in [1.807, 2.05) is 32.9 Å². The summed E-state index contributed by atoms with van der Waals surface area (Å²) in [6, 6.07) is -1.14. The Balaban J connectivity index is 1.78. The third kappa shape index (κ3) is 11.3. The summed E-state index contributed by atoms with van der Waals surface area (Å²) >= 11 is 0. The van der Waals surface area contributed by atoms with Gasteiger partial charge in [0.25, 0.3) is 11.7 Å². The number of esters is 1. The zero-order valence-electron chi connectivity index (χ0n) is 35.4. The average molecular weight is 804 g/mol. The SMILES string of the molecule is C=CC[C@H]1/C=C(\C)C[C@H](C)C[C@H](OC)[C@H]2O[C@@](O)(C(=O)C(=O)N3CCCC[C@H]3C(=O)O[C@H](/C(C)=C/[C@@H]3CC[C@@H](O)[C@H](OC)C3)[C@H](C)[C@@H](O)CC1=O)[C@H](C)C[C@@H]2OC. The monoisotopic (exact) mass is 803 g/mol. The first-order valence-electron chi connectivity index (χ1n) is 20.9. The summed E-state index contributed by atoms with van der Waals surface area (Å²) in [6.45, 7) is 13.1. The average Bonchev–Trinajstić information content (AvgIpc) is 3.18. The van der Waals surface area contributed by atoms with Gasteiger partial charge in [0.1, 0.15) is 24.0 Å². The van der Waals surface area contributed by atoms with Crippen LogP contribution in [-0.4, -0.2) is 126 Å². The van der Waals surface area contributed by atoms with Gasteiger partial charge in [0.05, 0.1) is 30.5 Å². The van der Waals surface area contributed by atoms with Gasteiger partial charge in [-0.3, -0.25) is 14.4 Å². The maximum Gasteiger partial charge on any atom is 0.329 e. The lowest BCUT2D eigenvalue weighted by atomic mass is 9.81. The Kier molecular flexibility index (Phi) is 17.2. The number of nitrogens with zero attached hydrogens (tertiary/aromatic N) is 1. The van der Waals surface area contributed by atoms with Gasteiger partial charge in [-0.05, 0) is 95.5 Å². The zero-order valence-corrected chi connectivity index (χ0v) is 35.4. The number of allylic oxidation sites excluding steroid dienone is 4. The first-order chi connectivity index (χ1) is 27.0. The van der Waals surface area contributed by atoms with Crippen molar-refractivity contribution in [2.24, 2.45) is 29.6 Å². The number of piperidine rings is 1. The maximum absolute atomic E-state index is 14.3. The normalized spacial score (nSPS) is 41.0. The summed E-state index contributed by atoms with van der Waals surface area (Å²) in [6.07, 6.45) is 4.93. The van der Waals surface area contributed by atoms with Gasteiger partial charge < -0.3 is 43.9 Å². The molecule has 14 atom stereocenters. The molecule has 3 aliphatic heterocycles. The molecule has 0 aromatic carbocycles. The number of amides is 1. The van der Waals surface area contributed by atoms with Crippen molar-refractivity contribution in [2.75, 3.05) is 27.9 Å². The molecule has 2 saturated heterocycles. The predicted molar refractivity (Wildman–Crippen MR) is 213 cm³/mol. The zero-order chi connectivity index (χ0) is 42.2. The van der Waals surface area contributed by atoms with Crippen molar-refractivity contribution in [3.63, 3.8) is 0 Å². The smallest absolute Gasteiger partial charge is 0.329 e. The molecule has 1 amide bonds. The van der Waals surface area contributed by atoms with Crippen LogP contribution in [0.5, 0.6) is 0 Å². The molecular weight excluding hydrogens is 734 g/mol. The lowest BCUT2D eigenvalue weighted by Crippen LogP contribution is -2.64. The second-order valence-corrected chi connectivity index (χ2v) is 17.3. The minimum atomic E-state index is -2.51. The Morgan fingerprint density at radius 3 is 2.25 bits per heavy atom. The Labute approximate surface area is 339 Å². The van der Waals surface area contributed by atoms with Gasteiger partial charge in [0.2, 0.25) is 5.79 Å². The molecule has 13 heteroatoms. The topological polar surface area (TPSA) is 178 Å². The fraction of sp³-hybridized carbons (Fsp3) is 0.773. The standard InChI is InChI=1S/C44H69NO12/c1-10-13-31-19-25(2)18-26(3)20-37(54-8)40-38(55-9)22-28(5)44(52,57-40)41(49)42(50)45-17-12-11-14-32(45)43(51)56-39(29(6)34(47)24-35(31)48)27(4)21-30-15-16-33(46)36(23-30)53-7/h10,19,21,26,28-34,36-40,46-47,52H,1,11-18,20,22-24H2,2-9H3/b25-19+,27-21+/t26-,28+,29+,30-,31-,32-,33+,34-,36+,37-,38-,39+,40+,44+/m0/s1. The summed E-state index contributed by atoms with van der Waals surface area (Å²) in [5.41, 5.74) is 1.61. The van der Waals surface area contributed by atoms with E-state index in [0.29, 0.717) is 56.9 Å². The molecule has 57 heavy (non-hydrogen) atoms. The number of cyclic esters (lactones) is 1. The first-order valence-corrected chi connectivity index (χ1v) is 20.9. The van der Waals surface area contributed by atoms with Gasteiger partial charge in [-0.25, -0.2) is 4.79 Å². The summed E-state index contributed by atoms with van der Waals surface area (Å²) in [4.78, 5) is 57.8. The summed E-state index contributed by atoms with van der Waals surface area (Å²) in [5.74, 6) is -7.76. The first kappa shape index (κ1) is 46.9. The number of aliphatic hydroxyl groups is 3. The van der Waals surface area contributed by atoms with E-state index in [-0.39, 0.29) is 49.5 Å². The third-order valence-electron chi connectivity index (χ3n) is 12.9. The Hall–Kier alpha value is -2.78. The van der Waals surface area contributed by atoms with Gasteiger partial charge in [-0.15, -0.1) is 6.58 Å². The van der Waals surface area contributed by atoms with Gasteiger partial charge in [0, 0.05) is 52.0 Å². The minimum absolute atomic E-state index is 0.00988. The minimum Gasteiger partial charge on any atom is -0.456 e. The second-order valence-electron chi connectivity index (χ2n) is 17.3. The van der Waals surface area contributed by atoms with Crippen LogP contribution in [0.25, 0.3) is 0 Å². The molecular formula is C44H69NO12. The molecule has 1 saturated carbocycles. The third-order valence-corrected chi connectivity index (χ3v) is 12.9. The van der Waals surface area contributed by atoms with Crippen LogP contribution in [-0.2, 0) is 42.9 Å². The molecule has 0 spiro atoms. The molecule has 2 bridgehead atoms. The second kappa shape index (κ2) is 21.0. The van der Waals surface area contributed by atoms with E-state index >= 15 is 0 Å². The van der Waals surface area contributed by atoms with E-state index in [0.717, 1.165) is 5.57 Å². The van der Waals surface area contributed by atoms with Crippen molar-refractivity contribution in [1.82, 2.24) is 4.90 Å². The van der Waals surface area contributed by atoms with Gasteiger partial charge in [-0.2, -0.15) is 0 Å². The fourth-order valence-corrected chi connectivity index (χ4v) is 9.42. The van der Waals surface area contributed by atoms with Crippen molar-refractivity contribution in [1.29, 1.82) is 0 Å². The van der Waals surface area contributed by atoms with Crippen LogP contribution in [0.1, 0.15) is 105 Å². The van der Waals surface area contributed by atoms with E-state index in [9.17, 15) is 34.5 Å². The largest absolute Gasteiger partial charge is 0.456 e. The fourth-order valence-electron chi connectivity index (χ4n) is 9.42. The Morgan fingerprint density at radius 1 is 0.930 bits per heavy atom. The highest BCUT2D eigenvalue weighted by Crippen LogP contribution is 2.39. The van der Waals surface area contributed by atoms with E-state index in [2.05, 4.69) is 6.58 Å². The number of hydrogen-bond acceptors (Lipinski definition) is 12. The quantitative estimate of drug-likeness (QED) is 0.185. The molecule has 13 nitrogen and oxygen atoms in total. The number of aliphatic hydroxyl groups excluding tert-OH is 2. The number of methoxy groups -OCH3 is 3. The van der Waals surface area contributed by atoms with Crippen molar-refractivity contribution in [3.8, 4) is 0 Å². The van der Waals surface area contributed by atoms with Crippen molar-refractivity contribution in [2.45, 2.75) is 160 Å². The van der Waals surface area contributed by atoms with Gasteiger partial charge in [0.15, 0.2) is 0 Å². The highest BCUT2D eigenvalue weighted by molar-refractivity contribution is 6.39. The lowest BCUT2D eigenvalue weighted by molar-refractivity contribution is -0.302. The molecule has 3 N–H and O–H groups in total. The van der Waals surface area contributed by atoms with Crippen LogP contribution in [0.15, 0.2) is 36.0 Å². The highest BCUT2D eigenvalue weighted by Gasteiger charge is 2.56. The summed E-state index contributed by atoms with van der Waals surface area (Å²) < 4.78 is 29.7. The molecule has 0 unspecified atom stereocenters. The predicted octanol–water partition coefficient (Wildman–Crippen LogP) is 4.64. The number of Topliss-reactive ketones (excluding diaryl/α,β-unsaturated/α-hetero) is 2. The van der Waals surface area contributed by atoms with E-state index in [1.54, 1.807) is 27.0 Å². The van der Waals surface area contributed by atoms with Crippen LogP contribution in [0.4, 0.5) is 0 Å².